The van der Waals surface area contributed by atoms with E-state index in [-0.39, 0.29) is 6.61 Å². The van der Waals surface area contributed by atoms with Crippen molar-refractivity contribution in [2.75, 3.05) is 0 Å². The number of alkyl halides is 3. The molecule has 5 heteroatoms. The van der Waals surface area contributed by atoms with Crippen molar-refractivity contribution >= 4 is 0 Å². The lowest BCUT2D eigenvalue weighted by atomic mass is 10.1. The van der Waals surface area contributed by atoms with E-state index in [0.717, 1.165) is 12.1 Å². The van der Waals surface area contributed by atoms with Gasteiger partial charge >= 0.3 is 6.18 Å². The maximum absolute atomic E-state index is 12.1. The first-order valence-electron chi connectivity index (χ1n) is 5.12. The van der Waals surface area contributed by atoms with E-state index in [1.54, 1.807) is 0 Å². The number of rotatable bonds is 2. The molecule has 0 saturated heterocycles. The van der Waals surface area contributed by atoms with Crippen molar-refractivity contribution in [2.24, 2.45) is 0 Å². The first-order valence-corrected chi connectivity index (χ1v) is 5.12. The lowest BCUT2D eigenvalue weighted by molar-refractivity contribution is -0.137. The molecule has 0 amide bonds. The van der Waals surface area contributed by atoms with Gasteiger partial charge in [-0.2, -0.15) is 18.4 Å². The third kappa shape index (κ3) is 6.46. The monoisotopic (exact) mass is 245 g/mol. The van der Waals surface area contributed by atoms with Gasteiger partial charge in [0.05, 0.1) is 5.56 Å². The maximum Gasteiger partial charge on any atom is 0.416 e. The highest BCUT2D eigenvalue weighted by atomic mass is 19.4. The van der Waals surface area contributed by atoms with Crippen molar-refractivity contribution in [3.05, 3.63) is 35.4 Å². The molecule has 17 heavy (non-hydrogen) atoms. The van der Waals surface area contributed by atoms with Crippen LogP contribution in [0.5, 0.6) is 0 Å². The summed E-state index contributed by atoms with van der Waals surface area (Å²) in [6.07, 6.45) is -1.64. The molecule has 1 rings (SSSR count). The SMILES string of the molecule is CCC.N#COCc1ccc(C(F)(F)F)cc1. The van der Waals surface area contributed by atoms with Crippen molar-refractivity contribution in [1.29, 1.82) is 5.26 Å². The Balaban J connectivity index is 0.000000770. The molecule has 0 aromatic heterocycles. The number of halogens is 3. The molecule has 1 aromatic rings. The minimum atomic E-state index is -4.32. The van der Waals surface area contributed by atoms with E-state index < -0.39 is 11.7 Å². The van der Waals surface area contributed by atoms with Crippen molar-refractivity contribution in [1.82, 2.24) is 0 Å². The summed E-state index contributed by atoms with van der Waals surface area (Å²) in [7, 11) is 0. The van der Waals surface area contributed by atoms with Crippen molar-refractivity contribution < 1.29 is 17.9 Å². The lowest BCUT2D eigenvalue weighted by Gasteiger charge is -2.06. The normalized spacial score (nSPS) is 9.88. The predicted molar refractivity (Wildman–Crippen MR) is 57.8 cm³/mol. The Morgan fingerprint density at radius 3 is 2.00 bits per heavy atom. The third-order valence-electron chi connectivity index (χ3n) is 1.58. The lowest BCUT2D eigenvalue weighted by Crippen LogP contribution is -2.04. The second kappa shape index (κ2) is 7.55. The number of hydrogen-bond donors (Lipinski definition) is 0. The Morgan fingerprint density at radius 1 is 1.18 bits per heavy atom. The van der Waals surface area contributed by atoms with E-state index >= 15 is 0 Å². The largest absolute Gasteiger partial charge is 0.423 e. The van der Waals surface area contributed by atoms with Gasteiger partial charge in [0.15, 0.2) is 0 Å². The minimum Gasteiger partial charge on any atom is -0.423 e. The molecule has 0 radical (unpaired) electrons. The van der Waals surface area contributed by atoms with Crippen molar-refractivity contribution in [2.45, 2.75) is 33.1 Å². The van der Waals surface area contributed by atoms with Gasteiger partial charge in [-0.1, -0.05) is 32.4 Å². The highest BCUT2D eigenvalue weighted by molar-refractivity contribution is 5.24. The molecule has 0 aliphatic heterocycles. The van der Waals surface area contributed by atoms with Crippen LogP contribution < -0.4 is 0 Å². The zero-order valence-electron chi connectivity index (χ0n) is 9.71. The molecular formula is C12H14F3NO. The van der Waals surface area contributed by atoms with Gasteiger partial charge in [0, 0.05) is 0 Å². The van der Waals surface area contributed by atoms with Crippen LogP contribution in [0.4, 0.5) is 13.2 Å². The molecule has 0 bridgehead atoms. The van der Waals surface area contributed by atoms with Crippen LogP contribution in [-0.4, -0.2) is 0 Å². The predicted octanol–water partition coefficient (Wildman–Crippen LogP) is 4.12. The molecule has 2 nitrogen and oxygen atoms in total. The second-order valence-corrected chi connectivity index (χ2v) is 3.28. The van der Waals surface area contributed by atoms with E-state index in [4.69, 9.17) is 5.26 Å². The molecule has 0 atom stereocenters. The molecule has 94 valence electrons. The first-order chi connectivity index (χ1) is 7.95. The standard InChI is InChI=1S/C9H6F3NO.C3H8/c10-9(11,12)8-3-1-7(2-4-8)5-14-6-13;1-3-2/h1-4H,5H2;3H2,1-2H3. The average molecular weight is 245 g/mol. The molecule has 0 fully saturated rings. The topological polar surface area (TPSA) is 33.0 Å². The Morgan fingerprint density at radius 2 is 1.65 bits per heavy atom. The van der Waals surface area contributed by atoms with Crippen LogP contribution in [0.25, 0.3) is 0 Å². The Bertz CT molecular complexity index is 351. The fourth-order valence-electron chi connectivity index (χ4n) is 0.906. The zero-order valence-corrected chi connectivity index (χ0v) is 9.71. The summed E-state index contributed by atoms with van der Waals surface area (Å²) in [6.45, 7) is 4.24. The van der Waals surface area contributed by atoms with E-state index in [1.165, 1.54) is 24.8 Å². The fourth-order valence-corrected chi connectivity index (χ4v) is 0.906. The average Bonchev–Trinajstić information content (AvgIpc) is 2.27. The number of benzene rings is 1. The van der Waals surface area contributed by atoms with Gasteiger partial charge in [0.25, 0.3) is 6.26 Å². The van der Waals surface area contributed by atoms with Crippen LogP contribution in [0.15, 0.2) is 24.3 Å². The molecule has 0 saturated carbocycles. The second-order valence-electron chi connectivity index (χ2n) is 3.28. The summed E-state index contributed by atoms with van der Waals surface area (Å²) in [4.78, 5) is 0. The molecule has 0 heterocycles. The van der Waals surface area contributed by atoms with Crippen LogP contribution in [0, 0.1) is 11.5 Å². The van der Waals surface area contributed by atoms with Gasteiger partial charge in [0.2, 0.25) is 0 Å². The minimum absolute atomic E-state index is 0.00532. The van der Waals surface area contributed by atoms with Crippen LogP contribution in [-0.2, 0) is 17.5 Å². The number of hydrogen-bond acceptors (Lipinski definition) is 2. The molecule has 0 unspecified atom stereocenters. The van der Waals surface area contributed by atoms with Gasteiger partial charge in [-0.05, 0) is 17.7 Å². The molecular weight excluding hydrogens is 231 g/mol. The summed E-state index contributed by atoms with van der Waals surface area (Å²) in [6, 6.07) is 4.46. The van der Waals surface area contributed by atoms with Crippen LogP contribution in [0.3, 0.4) is 0 Å². The van der Waals surface area contributed by atoms with Gasteiger partial charge in [-0.15, -0.1) is 0 Å². The van der Waals surface area contributed by atoms with Gasteiger partial charge in [-0.3, -0.25) is 0 Å². The van der Waals surface area contributed by atoms with Crippen molar-refractivity contribution in [3.8, 4) is 6.26 Å². The summed E-state index contributed by atoms with van der Waals surface area (Å²) in [5.74, 6) is 0. The number of ether oxygens (including phenoxy) is 1. The number of nitrogens with zero attached hydrogens (tertiary/aromatic N) is 1. The van der Waals surface area contributed by atoms with Gasteiger partial charge in [0.1, 0.15) is 6.61 Å². The zero-order chi connectivity index (χ0) is 13.3. The first kappa shape index (κ1) is 15.3. The summed E-state index contributed by atoms with van der Waals surface area (Å²) < 4.78 is 40.6. The van der Waals surface area contributed by atoms with Crippen LogP contribution in [0.1, 0.15) is 31.4 Å². The summed E-state index contributed by atoms with van der Waals surface area (Å²) >= 11 is 0. The van der Waals surface area contributed by atoms with Crippen LogP contribution in [0.2, 0.25) is 0 Å². The quantitative estimate of drug-likeness (QED) is 0.734. The number of nitriles is 1. The third-order valence-corrected chi connectivity index (χ3v) is 1.58. The summed E-state index contributed by atoms with van der Waals surface area (Å²) in [5.41, 5.74) is -0.183. The Kier molecular flexibility index (Phi) is 6.80. The fraction of sp³-hybridized carbons (Fsp3) is 0.417. The Hall–Kier alpha value is -1.70. The van der Waals surface area contributed by atoms with Crippen molar-refractivity contribution in [3.63, 3.8) is 0 Å². The van der Waals surface area contributed by atoms with E-state index in [2.05, 4.69) is 18.6 Å². The summed E-state index contributed by atoms with van der Waals surface area (Å²) in [5, 5.41) is 8.06. The smallest absolute Gasteiger partial charge is 0.416 e. The molecule has 0 aliphatic rings. The van der Waals surface area contributed by atoms with E-state index in [9.17, 15) is 13.2 Å². The Labute approximate surface area is 98.6 Å². The van der Waals surface area contributed by atoms with E-state index in [1.807, 2.05) is 0 Å². The maximum atomic E-state index is 12.1. The molecule has 1 aromatic carbocycles. The van der Waals surface area contributed by atoms with E-state index in [0.29, 0.717) is 5.56 Å². The highest BCUT2D eigenvalue weighted by Gasteiger charge is 2.29. The van der Waals surface area contributed by atoms with Crippen LogP contribution >= 0.6 is 0 Å². The molecule has 0 aliphatic carbocycles. The molecule has 0 N–H and O–H groups in total. The van der Waals surface area contributed by atoms with Gasteiger partial charge in [-0.25, -0.2) is 0 Å². The highest BCUT2D eigenvalue weighted by Crippen LogP contribution is 2.29. The van der Waals surface area contributed by atoms with Gasteiger partial charge < -0.3 is 4.74 Å². The molecule has 0 spiro atoms.